The van der Waals surface area contributed by atoms with Crippen molar-refractivity contribution in [1.82, 2.24) is 4.90 Å². The Balaban J connectivity index is 1.99. The summed E-state index contributed by atoms with van der Waals surface area (Å²) >= 11 is 0. The molecule has 0 aliphatic carbocycles. The van der Waals surface area contributed by atoms with Crippen molar-refractivity contribution in [2.75, 3.05) is 13.1 Å². The average Bonchev–Trinajstić information content (AvgIpc) is 2.48. The molecule has 1 atom stereocenters. The van der Waals surface area contributed by atoms with Crippen molar-refractivity contribution in [3.8, 4) is 0 Å². The molecule has 2 fully saturated rings. The molecule has 2 rings (SSSR count). The molecule has 0 spiro atoms. The summed E-state index contributed by atoms with van der Waals surface area (Å²) in [4.78, 5) is 12.8. The van der Waals surface area contributed by atoms with Gasteiger partial charge in [0.1, 0.15) is 0 Å². The highest BCUT2D eigenvalue weighted by molar-refractivity contribution is 5.67. The van der Waals surface area contributed by atoms with E-state index in [9.17, 15) is 4.79 Å². The Kier molecular flexibility index (Phi) is 1.60. The molecule has 0 aromatic carbocycles. The molecule has 0 aromatic heterocycles. The minimum absolute atomic E-state index is 0.352. The molecule has 2 heterocycles. The summed E-state index contributed by atoms with van der Waals surface area (Å²) in [6.45, 7) is 2.26. The van der Waals surface area contributed by atoms with E-state index in [-0.39, 0.29) is 0 Å². The van der Waals surface area contributed by atoms with Crippen LogP contribution in [0.25, 0.3) is 0 Å². The third kappa shape index (κ3) is 1.13. The van der Waals surface area contributed by atoms with Crippen molar-refractivity contribution < 1.29 is 9.90 Å². The normalized spacial score (nSPS) is 41.3. The molecule has 2 aliphatic rings. The number of nitrogens with zero attached hydrogens (tertiary/aromatic N) is 1. The van der Waals surface area contributed by atoms with Gasteiger partial charge in [-0.2, -0.15) is 0 Å². The maximum atomic E-state index is 10.4. The molecular formula is C8H13NO2. The van der Waals surface area contributed by atoms with Gasteiger partial charge in [-0.05, 0) is 31.8 Å². The van der Waals surface area contributed by atoms with Crippen molar-refractivity contribution >= 4 is 5.97 Å². The highest BCUT2D eigenvalue weighted by atomic mass is 16.4. The Labute approximate surface area is 66.0 Å². The monoisotopic (exact) mass is 155 g/mol. The predicted molar refractivity (Wildman–Crippen MR) is 40.3 cm³/mol. The lowest BCUT2D eigenvalue weighted by atomic mass is 9.98. The van der Waals surface area contributed by atoms with Gasteiger partial charge in [-0.25, -0.2) is 0 Å². The molecular weight excluding hydrogens is 142 g/mol. The zero-order valence-corrected chi connectivity index (χ0v) is 6.49. The first-order valence-corrected chi connectivity index (χ1v) is 4.23. The smallest absolute Gasteiger partial charge is 0.304 e. The summed E-state index contributed by atoms with van der Waals surface area (Å²) in [5, 5.41) is 8.61. The fraction of sp³-hybridized carbons (Fsp3) is 0.875. The number of aliphatic carboxylic acids is 1. The summed E-state index contributed by atoms with van der Waals surface area (Å²) in [5.74, 6) is 0.0416. The van der Waals surface area contributed by atoms with E-state index in [4.69, 9.17) is 5.11 Å². The summed E-state index contributed by atoms with van der Waals surface area (Å²) < 4.78 is 0. The van der Waals surface area contributed by atoms with Crippen molar-refractivity contribution in [2.45, 2.75) is 25.3 Å². The van der Waals surface area contributed by atoms with Crippen LogP contribution in [0, 0.1) is 5.92 Å². The molecule has 1 N–H and O–H groups in total. The number of hydrogen-bond acceptors (Lipinski definition) is 2. The van der Waals surface area contributed by atoms with Crippen molar-refractivity contribution in [3.63, 3.8) is 0 Å². The third-order valence-electron chi connectivity index (χ3n) is 2.97. The lowest BCUT2D eigenvalue weighted by molar-refractivity contribution is -0.138. The van der Waals surface area contributed by atoms with Crippen LogP contribution in [0.15, 0.2) is 0 Å². The molecule has 1 unspecified atom stereocenters. The minimum Gasteiger partial charge on any atom is -0.481 e. The Bertz CT molecular complexity index is 161. The summed E-state index contributed by atoms with van der Waals surface area (Å²) in [6, 6.07) is 0.368. The van der Waals surface area contributed by atoms with Crippen LogP contribution in [-0.4, -0.2) is 35.1 Å². The third-order valence-corrected chi connectivity index (χ3v) is 2.97. The zero-order valence-electron chi connectivity index (χ0n) is 6.49. The molecule has 62 valence electrons. The second kappa shape index (κ2) is 2.48. The Morgan fingerprint density at radius 3 is 2.45 bits per heavy atom. The lowest BCUT2D eigenvalue weighted by Crippen LogP contribution is -2.27. The van der Waals surface area contributed by atoms with E-state index in [1.165, 1.54) is 12.8 Å². The fourth-order valence-corrected chi connectivity index (χ4v) is 2.41. The predicted octanol–water partition coefficient (Wildman–Crippen LogP) is 0.555. The molecule has 0 amide bonds. The van der Waals surface area contributed by atoms with Gasteiger partial charge in [-0.3, -0.25) is 9.69 Å². The molecule has 0 saturated carbocycles. The number of carboxylic acids is 1. The second-order valence-electron chi connectivity index (χ2n) is 3.54. The van der Waals surface area contributed by atoms with E-state index in [2.05, 4.69) is 4.90 Å². The molecule has 2 aliphatic heterocycles. The van der Waals surface area contributed by atoms with E-state index in [1.807, 2.05) is 0 Å². The summed E-state index contributed by atoms with van der Waals surface area (Å²) in [5.41, 5.74) is 0. The number of carboxylic acid groups (broad SMARTS) is 1. The number of carbonyl (C=O) groups is 1. The van der Waals surface area contributed by atoms with Crippen LogP contribution in [0.2, 0.25) is 0 Å². The Hall–Kier alpha value is -0.570. The second-order valence-corrected chi connectivity index (χ2v) is 3.54. The van der Waals surface area contributed by atoms with Crippen LogP contribution in [-0.2, 0) is 4.79 Å². The van der Waals surface area contributed by atoms with E-state index in [1.54, 1.807) is 0 Å². The fourth-order valence-electron chi connectivity index (χ4n) is 2.41. The topological polar surface area (TPSA) is 40.5 Å². The van der Waals surface area contributed by atoms with Crippen molar-refractivity contribution in [3.05, 3.63) is 0 Å². The highest BCUT2D eigenvalue weighted by Gasteiger charge is 2.40. The van der Waals surface area contributed by atoms with Crippen LogP contribution in [0.1, 0.15) is 19.3 Å². The molecule has 0 radical (unpaired) electrons. The van der Waals surface area contributed by atoms with Gasteiger partial charge in [0.2, 0.25) is 0 Å². The molecule has 11 heavy (non-hydrogen) atoms. The van der Waals surface area contributed by atoms with E-state index in [0.29, 0.717) is 18.4 Å². The maximum absolute atomic E-state index is 10.4. The number of hydrogen-bond donors (Lipinski definition) is 1. The molecule has 2 bridgehead atoms. The van der Waals surface area contributed by atoms with E-state index >= 15 is 0 Å². The minimum atomic E-state index is -0.645. The molecule has 0 aromatic rings. The van der Waals surface area contributed by atoms with Gasteiger partial charge in [0.25, 0.3) is 0 Å². The van der Waals surface area contributed by atoms with Gasteiger partial charge in [0.15, 0.2) is 0 Å². The van der Waals surface area contributed by atoms with Gasteiger partial charge in [0.05, 0.1) is 6.42 Å². The van der Waals surface area contributed by atoms with E-state index < -0.39 is 5.97 Å². The van der Waals surface area contributed by atoms with Gasteiger partial charge in [-0.15, -0.1) is 0 Å². The SMILES string of the molecule is O=C(O)CC1C2CCN1CC2. The summed E-state index contributed by atoms with van der Waals surface area (Å²) in [6.07, 6.45) is 2.79. The molecule has 3 heteroatoms. The Morgan fingerprint density at radius 2 is 2.09 bits per heavy atom. The quantitative estimate of drug-likeness (QED) is 0.633. The molecule has 3 nitrogen and oxygen atoms in total. The van der Waals surface area contributed by atoms with Gasteiger partial charge in [0, 0.05) is 6.04 Å². The first-order valence-electron chi connectivity index (χ1n) is 4.23. The number of fused-ring (bicyclic) bond motifs is 2. The average molecular weight is 155 g/mol. The maximum Gasteiger partial charge on any atom is 0.304 e. The van der Waals surface area contributed by atoms with Crippen LogP contribution in [0.3, 0.4) is 0 Å². The van der Waals surface area contributed by atoms with E-state index in [0.717, 1.165) is 13.1 Å². The summed E-state index contributed by atoms with van der Waals surface area (Å²) in [7, 11) is 0. The van der Waals surface area contributed by atoms with Crippen molar-refractivity contribution in [2.24, 2.45) is 5.92 Å². The largest absolute Gasteiger partial charge is 0.481 e. The van der Waals surface area contributed by atoms with Crippen LogP contribution in [0.5, 0.6) is 0 Å². The number of rotatable bonds is 2. The van der Waals surface area contributed by atoms with Gasteiger partial charge in [-0.1, -0.05) is 0 Å². The molecule has 2 saturated heterocycles. The number of piperidine rings is 1. The van der Waals surface area contributed by atoms with Crippen LogP contribution < -0.4 is 0 Å². The standard InChI is InChI=1S/C8H13NO2/c10-8(11)5-7-6-1-3-9(7)4-2-6/h6-7H,1-5H2,(H,10,11). The zero-order chi connectivity index (χ0) is 7.84. The van der Waals surface area contributed by atoms with Gasteiger partial charge >= 0.3 is 5.97 Å². The van der Waals surface area contributed by atoms with Crippen molar-refractivity contribution in [1.29, 1.82) is 0 Å². The van der Waals surface area contributed by atoms with Gasteiger partial charge < -0.3 is 5.11 Å². The van der Waals surface area contributed by atoms with Crippen LogP contribution >= 0.6 is 0 Å². The first-order chi connectivity index (χ1) is 5.27. The highest BCUT2D eigenvalue weighted by Crippen LogP contribution is 2.35. The van der Waals surface area contributed by atoms with Crippen LogP contribution in [0.4, 0.5) is 0 Å². The Morgan fingerprint density at radius 1 is 1.45 bits per heavy atom. The lowest BCUT2D eigenvalue weighted by Gasteiger charge is -2.16. The first kappa shape index (κ1) is 7.10.